The van der Waals surface area contributed by atoms with Gasteiger partial charge in [0.25, 0.3) is 0 Å². The topological polar surface area (TPSA) is 152 Å². The van der Waals surface area contributed by atoms with E-state index in [4.69, 9.17) is 25.8 Å². The number of aryl methyl sites for hydroxylation is 1. The fourth-order valence-corrected chi connectivity index (χ4v) is 7.33. The molecule has 3 unspecified atom stereocenters. The maximum atomic E-state index is 16.1. The number of likely N-dealkylation sites (N-methyl/N-ethyl adjacent to an activating group) is 1. The van der Waals surface area contributed by atoms with Crippen LogP contribution in [-0.2, 0) is 26.1 Å². The van der Waals surface area contributed by atoms with E-state index in [0.717, 1.165) is 25.5 Å². The van der Waals surface area contributed by atoms with E-state index < -0.39 is 57.8 Å². The normalized spacial score (nSPS) is 22.2. The molecule has 2 fully saturated rings. The highest BCUT2D eigenvalue weighted by molar-refractivity contribution is 6.29. The summed E-state index contributed by atoms with van der Waals surface area (Å²) in [5, 5.41) is 10.6. The van der Waals surface area contributed by atoms with Crippen LogP contribution < -0.4 is 9.64 Å². The first-order chi connectivity index (χ1) is 23.3. The fourth-order valence-electron chi connectivity index (χ4n) is 7.16. The highest BCUT2D eigenvalue weighted by atomic mass is 35.5. The molecular weight excluding hydrogens is 669 g/mol. The van der Waals surface area contributed by atoms with Gasteiger partial charge in [0.2, 0.25) is 17.5 Å². The van der Waals surface area contributed by atoms with Crippen LogP contribution in [0.2, 0.25) is 5.15 Å². The zero-order valence-corrected chi connectivity index (χ0v) is 30.3. The van der Waals surface area contributed by atoms with Crippen molar-refractivity contribution in [3.05, 3.63) is 45.6 Å². The summed E-state index contributed by atoms with van der Waals surface area (Å²) in [4.78, 5) is 66.6. The van der Waals surface area contributed by atoms with Gasteiger partial charge in [0.15, 0.2) is 5.78 Å². The van der Waals surface area contributed by atoms with Gasteiger partial charge >= 0.3 is 12.2 Å². The van der Waals surface area contributed by atoms with Gasteiger partial charge in [-0.05, 0) is 111 Å². The average Bonchev–Trinajstić information content (AvgIpc) is 3.58. The number of halogens is 2. The summed E-state index contributed by atoms with van der Waals surface area (Å²) < 4.78 is 32.9. The monoisotopic (exact) mass is 711 g/mol. The van der Waals surface area contributed by atoms with Crippen molar-refractivity contribution in [2.24, 2.45) is 5.92 Å². The third-order valence-corrected chi connectivity index (χ3v) is 9.50. The van der Waals surface area contributed by atoms with Crippen LogP contribution in [-0.4, -0.2) is 76.1 Å². The molecule has 0 bridgehead atoms. The Morgan fingerprint density at radius 1 is 1.06 bits per heavy atom. The molecule has 0 radical (unpaired) electrons. The molecule has 50 heavy (non-hydrogen) atoms. The molecule has 3 aliphatic rings. The number of imide groups is 1. The second-order valence-corrected chi connectivity index (χ2v) is 15.6. The van der Waals surface area contributed by atoms with Crippen molar-refractivity contribution in [1.29, 1.82) is 5.26 Å². The number of ketones is 2. The number of aromatic nitrogens is 2. The van der Waals surface area contributed by atoms with Crippen LogP contribution in [0.1, 0.15) is 107 Å². The Morgan fingerprint density at radius 2 is 1.72 bits per heavy atom. The molecule has 14 heteroatoms. The zero-order valence-electron chi connectivity index (χ0n) is 29.5. The Hall–Kier alpha value is -4.15. The smallest absolute Gasteiger partial charge is 0.424 e. The van der Waals surface area contributed by atoms with Crippen LogP contribution in [0.5, 0.6) is 5.88 Å². The van der Waals surface area contributed by atoms with Gasteiger partial charge in [-0.3, -0.25) is 9.59 Å². The molecule has 1 saturated heterocycles. The van der Waals surface area contributed by atoms with Gasteiger partial charge in [-0.25, -0.2) is 19.0 Å². The number of fused-ring (bicyclic) bond motifs is 2. The Labute approximate surface area is 296 Å². The summed E-state index contributed by atoms with van der Waals surface area (Å²) in [5.74, 6) is -3.47. The van der Waals surface area contributed by atoms with E-state index in [2.05, 4.69) is 14.9 Å². The lowest BCUT2D eigenvalue weighted by atomic mass is 9.63. The van der Waals surface area contributed by atoms with Gasteiger partial charge in [-0.15, -0.1) is 0 Å². The van der Waals surface area contributed by atoms with Crippen molar-refractivity contribution in [3.8, 4) is 11.9 Å². The van der Waals surface area contributed by atoms with E-state index in [1.54, 1.807) is 41.5 Å². The highest BCUT2D eigenvalue weighted by Crippen LogP contribution is 2.52. The van der Waals surface area contributed by atoms with Gasteiger partial charge in [0.1, 0.15) is 40.5 Å². The number of carbonyl (C=O) groups is 4. The molecule has 1 aromatic heterocycles. The molecule has 1 aliphatic heterocycles. The first kappa shape index (κ1) is 37.1. The molecule has 3 atom stereocenters. The molecule has 2 heterocycles. The van der Waals surface area contributed by atoms with Gasteiger partial charge in [-0.1, -0.05) is 18.0 Å². The van der Waals surface area contributed by atoms with Gasteiger partial charge < -0.3 is 19.1 Å². The second-order valence-electron chi connectivity index (χ2n) is 15.2. The molecule has 2 aromatic rings. The maximum Gasteiger partial charge on any atom is 0.424 e. The SMILES string of the molecule is CN1CCCC1COc1cc(Cl)nc(C(=O)C2CCCC3(CCc4cc(F)c(N(C(=O)OC(C)(C)C)C(=O)OC(C)(C)C)c(C#N)c43)C2=O)n1. The Kier molecular flexibility index (Phi) is 10.3. The molecule has 2 aliphatic carbocycles. The molecule has 1 spiro atoms. The molecule has 268 valence electrons. The summed E-state index contributed by atoms with van der Waals surface area (Å²) in [6, 6.07) is 4.72. The van der Waals surface area contributed by atoms with Crippen molar-refractivity contribution in [3.63, 3.8) is 0 Å². The van der Waals surface area contributed by atoms with Crippen LogP contribution in [0.25, 0.3) is 0 Å². The summed E-state index contributed by atoms with van der Waals surface area (Å²) >= 11 is 6.28. The third kappa shape index (κ3) is 7.47. The van der Waals surface area contributed by atoms with Crippen LogP contribution in [0.4, 0.5) is 19.7 Å². The number of hydrogen-bond donors (Lipinski definition) is 0. The number of rotatable bonds is 6. The van der Waals surface area contributed by atoms with E-state index in [0.29, 0.717) is 23.5 Å². The molecule has 1 saturated carbocycles. The molecule has 12 nitrogen and oxygen atoms in total. The van der Waals surface area contributed by atoms with E-state index >= 15 is 4.39 Å². The fraction of sp³-hybridized carbons (Fsp3) is 0.583. The second kappa shape index (κ2) is 13.9. The van der Waals surface area contributed by atoms with Crippen molar-refractivity contribution in [2.75, 3.05) is 25.1 Å². The first-order valence-electron chi connectivity index (χ1n) is 16.8. The lowest BCUT2D eigenvalue weighted by Gasteiger charge is -2.37. The minimum Gasteiger partial charge on any atom is -0.476 e. The minimum atomic E-state index is -1.38. The van der Waals surface area contributed by atoms with E-state index in [1.165, 1.54) is 6.07 Å². The number of Topliss-reactive ketones (excluding diaryl/α,β-unsaturated/α-hetero) is 2. The Morgan fingerprint density at radius 3 is 2.30 bits per heavy atom. The predicted molar refractivity (Wildman–Crippen MR) is 181 cm³/mol. The van der Waals surface area contributed by atoms with Gasteiger partial charge in [0, 0.05) is 12.1 Å². The molecule has 5 rings (SSSR count). The number of anilines is 1. The van der Waals surface area contributed by atoms with Crippen LogP contribution in [0, 0.1) is 23.1 Å². The Bertz CT molecular complexity index is 1740. The molecular formula is C36H43ClFN5O7. The lowest BCUT2D eigenvalue weighted by Crippen LogP contribution is -2.47. The predicted octanol–water partition coefficient (Wildman–Crippen LogP) is 6.73. The number of benzene rings is 1. The molecule has 0 N–H and O–H groups in total. The zero-order chi connectivity index (χ0) is 36.8. The van der Waals surface area contributed by atoms with Gasteiger partial charge in [0.05, 0.1) is 16.9 Å². The summed E-state index contributed by atoms with van der Waals surface area (Å²) in [6.07, 6.45) is 0.807. The quantitative estimate of drug-likeness (QED) is 0.178. The standard InChI is InChI=1S/C36H43ClFN5O7/c1-34(2,3)49-32(46)43(33(47)50-35(4,5)6)28-23(18-39)27-20(16-24(28)38)12-14-36(27)13-8-11-22(30(36)45)29(44)31-40-25(37)17-26(41-31)48-19-21-10-9-15-42(21)7/h16-17,21-22H,8-15,19H2,1-7H3. The summed E-state index contributed by atoms with van der Waals surface area (Å²) in [6.45, 7) is 10.7. The number of ether oxygens (including phenoxy) is 3. The van der Waals surface area contributed by atoms with Crippen LogP contribution in [0.3, 0.4) is 0 Å². The van der Waals surface area contributed by atoms with Crippen molar-refractivity contribution in [2.45, 2.75) is 109 Å². The molecule has 2 amide bonds. The van der Waals surface area contributed by atoms with Crippen LogP contribution >= 0.6 is 11.6 Å². The molecule has 1 aromatic carbocycles. The van der Waals surface area contributed by atoms with Crippen molar-refractivity contribution >= 4 is 41.0 Å². The van der Waals surface area contributed by atoms with E-state index in [1.807, 2.05) is 13.1 Å². The maximum absolute atomic E-state index is 16.1. The summed E-state index contributed by atoms with van der Waals surface area (Å²) in [5.41, 5.74) is -4.04. The Balaban J connectivity index is 1.53. The lowest BCUT2D eigenvalue weighted by molar-refractivity contribution is -0.129. The highest BCUT2D eigenvalue weighted by Gasteiger charge is 2.54. The van der Waals surface area contributed by atoms with Crippen molar-refractivity contribution < 1.29 is 37.8 Å². The van der Waals surface area contributed by atoms with Crippen molar-refractivity contribution in [1.82, 2.24) is 14.9 Å². The van der Waals surface area contributed by atoms with Gasteiger partial charge in [-0.2, -0.15) is 15.1 Å². The number of nitrogens with zero attached hydrogens (tertiary/aromatic N) is 5. The van der Waals surface area contributed by atoms with Crippen LogP contribution in [0.15, 0.2) is 12.1 Å². The largest absolute Gasteiger partial charge is 0.476 e. The van der Waals surface area contributed by atoms with E-state index in [-0.39, 0.29) is 59.7 Å². The number of nitriles is 1. The number of carbonyl (C=O) groups excluding carboxylic acids is 4. The van der Waals surface area contributed by atoms with E-state index in [9.17, 15) is 24.4 Å². The average molecular weight is 712 g/mol. The minimum absolute atomic E-state index is 0.0152. The first-order valence-corrected chi connectivity index (χ1v) is 17.2. The number of amides is 2. The number of likely N-dealkylation sites (tertiary alicyclic amines) is 1. The number of hydrogen-bond acceptors (Lipinski definition) is 11. The summed E-state index contributed by atoms with van der Waals surface area (Å²) in [7, 11) is 2.01. The third-order valence-electron chi connectivity index (χ3n) is 9.31.